The molecule has 1 atom stereocenters. The van der Waals surface area contributed by atoms with Gasteiger partial charge < -0.3 is 4.74 Å². The summed E-state index contributed by atoms with van der Waals surface area (Å²) in [4.78, 5) is 12.1. The lowest BCUT2D eigenvalue weighted by Crippen LogP contribution is -2.07. The molecule has 0 N–H and O–H groups in total. The average molecular weight is 423 g/mol. The fourth-order valence-electron chi connectivity index (χ4n) is 2.21. The molecule has 2 rings (SSSR count). The maximum absolute atomic E-state index is 12.1. The summed E-state index contributed by atoms with van der Waals surface area (Å²) in [7, 11) is 0. The molecular weight excluding hydrogens is 407 g/mol. The van der Waals surface area contributed by atoms with Crippen molar-refractivity contribution in [3.8, 4) is 0 Å². The number of benzene rings is 1. The van der Waals surface area contributed by atoms with Gasteiger partial charge in [0, 0.05) is 26.6 Å². The zero-order valence-electron chi connectivity index (χ0n) is 10.1. The van der Waals surface area contributed by atoms with Crippen molar-refractivity contribution in [2.24, 2.45) is 0 Å². The van der Waals surface area contributed by atoms with Crippen molar-refractivity contribution in [3.63, 3.8) is 0 Å². The summed E-state index contributed by atoms with van der Waals surface area (Å²) in [5, 5.41) is 0. The number of halogens is 2. The number of hydrogen-bond acceptors (Lipinski definition) is 2. The van der Waals surface area contributed by atoms with Gasteiger partial charge in [-0.1, -0.05) is 15.9 Å². The Labute approximate surface area is 130 Å². The van der Waals surface area contributed by atoms with Crippen molar-refractivity contribution in [1.29, 1.82) is 0 Å². The molecule has 4 heteroatoms. The van der Waals surface area contributed by atoms with Gasteiger partial charge in [0.15, 0.2) is 5.78 Å². The van der Waals surface area contributed by atoms with Crippen molar-refractivity contribution in [2.75, 3.05) is 6.61 Å². The van der Waals surface area contributed by atoms with Crippen molar-refractivity contribution < 1.29 is 9.53 Å². The number of carbonyl (C=O) groups excluding carboxylic acids is 1. The Balaban J connectivity index is 1.85. The molecule has 1 aromatic carbocycles. The fourth-order valence-corrected chi connectivity index (χ4v) is 3.17. The van der Waals surface area contributed by atoms with E-state index in [2.05, 4.69) is 38.5 Å². The lowest BCUT2D eigenvalue weighted by molar-refractivity contribution is 0.0922. The van der Waals surface area contributed by atoms with Crippen LogP contribution in [0.3, 0.4) is 0 Å². The van der Waals surface area contributed by atoms with Crippen LogP contribution in [0.5, 0.6) is 0 Å². The lowest BCUT2D eigenvalue weighted by Gasteiger charge is -2.09. The Hall–Kier alpha value is 0.0600. The minimum absolute atomic E-state index is 0.221. The van der Waals surface area contributed by atoms with Crippen molar-refractivity contribution >= 4 is 44.3 Å². The molecule has 0 bridgehead atoms. The molecule has 2 nitrogen and oxygen atoms in total. The van der Waals surface area contributed by atoms with E-state index in [4.69, 9.17) is 4.74 Å². The van der Waals surface area contributed by atoms with Gasteiger partial charge in [-0.2, -0.15) is 0 Å². The molecule has 0 saturated carbocycles. The van der Waals surface area contributed by atoms with Gasteiger partial charge in [-0.3, -0.25) is 4.79 Å². The van der Waals surface area contributed by atoms with Crippen LogP contribution in [0.4, 0.5) is 0 Å². The molecule has 0 spiro atoms. The van der Waals surface area contributed by atoms with Crippen LogP contribution in [0.15, 0.2) is 22.7 Å². The van der Waals surface area contributed by atoms with Crippen LogP contribution in [0.1, 0.15) is 42.5 Å². The topological polar surface area (TPSA) is 26.3 Å². The number of carbonyl (C=O) groups is 1. The highest BCUT2D eigenvalue weighted by molar-refractivity contribution is 14.1. The molecule has 1 saturated heterocycles. The molecule has 0 amide bonds. The standard InChI is InChI=1S/C14H16BrIO2/c15-13-7-6-10(16)9-12(13)14(17)5-1-3-11-4-2-8-18-11/h6-7,9,11H,1-5,8H2. The molecule has 0 aliphatic carbocycles. The Morgan fingerprint density at radius 2 is 2.33 bits per heavy atom. The molecule has 1 aliphatic rings. The van der Waals surface area contributed by atoms with E-state index in [1.54, 1.807) is 0 Å². The Bertz CT molecular complexity index is 428. The lowest BCUT2D eigenvalue weighted by atomic mass is 10.0. The molecule has 1 fully saturated rings. The first-order chi connectivity index (χ1) is 8.66. The van der Waals surface area contributed by atoms with Gasteiger partial charge >= 0.3 is 0 Å². The van der Waals surface area contributed by atoms with Crippen LogP contribution in [0.2, 0.25) is 0 Å². The third kappa shape index (κ3) is 4.03. The normalized spacial score (nSPS) is 19.1. The predicted octanol–water partition coefficient (Wildman–Crippen LogP) is 4.59. The molecule has 98 valence electrons. The third-order valence-electron chi connectivity index (χ3n) is 3.18. The van der Waals surface area contributed by atoms with Crippen LogP contribution < -0.4 is 0 Å². The van der Waals surface area contributed by atoms with E-state index in [-0.39, 0.29) is 5.78 Å². The summed E-state index contributed by atoms with van der Waals surface area (Å²) in [6.07, 6.45) is 5.24. The number of ether oxygens (including phenoxy) is 1. The quantitative estimate of drug-likeness (QED) is 0.512. The molecular formula is C14H16BrIO2. The van der Waals surface area contributed by atoms with E-state index in [9.17, 15) is 4.79 Å². The Morgan fingerprint density at radius 1 is 1.50 bits per heavy atom. The monoisotopic (exact) mass is 422 g/mol. The maximum Gasteiger partial charge on any atom is 0.164 e. The summed E-state index contributed by atoms with van der Waals surface area (Å²) in [5.41, 5.74) is 0.800. The summed E-state index contributed by atoms with van der Waals surface area (Å²) in [5.74, 6) is 0.221. The summed E-state index contributed by atoms with van der Waals surface area (Å²) in [6, 6.07) is 5.88. The smallest absolute Gasteiger partial charge is 0.164 e. The number of rotatable bonds is 5. The Morgan fingerprint density at radius 3 is 3.06 bits per heavy atom. The van der Waals surface area contributed by atoms with Gasteiger partial charge in [0.1, 0.15) is 0 Å². The van der Waals surface area contributed by atoms with Gasteiger partial charge in [-0.25, -0.2) is 0 Å². The molecule has 0 aromatic heterocycles. The zero-order chi connectivity index (χ0) is 13.0. The number of ketones is 1. The van der Waals surface area contributed by atoms with Crippen LogP contribution >= 0.6 is 38.5 Å². The maximum atomic E-state index is 12.1. The minimum Gasteiger partial charge on any atom is -0.378 e. The minimum atomic E-state index is 0.221. The molecule has 18 heavy (non-hydrogen) atoms. The zero-order valence-corrected chi connectivity index (χ0v) is 13.9. The molecule has 1 heterocycles. The van der Waals surface area contributed by atoms with Gasteiger partial charge in [0.05, 0.1) is 6.10 Å². The third-order valence-corrected chi connectivity index (χ3v) is 4.55. The number of Topliss-reactive ketones (excluding diaryl/α,β-unsaturated/α-hetero) is 1. The van der Waals surface area contributed by atoms with E-state index in [1.165, 1.54) is 6.42 Å². The molecule has 1 unspecified atom stereocenters. The summed E-state index contributed by atoms with van der Waals surface area (Å²) < 4.78 is 7.55. The highest BCUT2D eigenvalue weighted by Crippen LogP contribution is 2.23. The first kappa shape index (κ1) is 14.5. The van der Waals surface area contributed by atoms with E-state index in [1.807, 2.05) is 18.2 Å². The highest BCUT2D eigenvalue weighted by Gasteiger charge is 2.16. The summed E-state index contributed by atoms with van der Waals surface area (Å²) in [6.45, 7) is 0.890. The van der Waals surface area contributed by atoms with Crippen LogP contribution in [0, 0.1) is 3.57 Å². The molecule has 1 aliphatic heterocycles. The average Bonchev–Trinajstić information content (AvgIpc) is 2.85. The SMILES string of the molecule is O=C(CCCC1CCCO1)c1cc(I)ccc1Br. The second-order valence-corrected chi connectivity index (χ2v) is 6.67. The Kier molecular flexibility index (Phi) is 5.63. The van der Waals surface area contributed by atoms with Gasteiger partial charge in [-0.05, 0) is 66.5 Å². The van der Waals surface area contributed by atoms with Crippen molar-refractivity contribution in [1.82, 2.24) is 0 Å². The van der Waals surface area contributed by atoms with Gasteiger partial charge in [0.2, 0.25) is 0 Å². The predicted molar refractivity (Wildman–Crippen MR) is 84.0 cm³/mol. The van der Waals surface area contributed by atoms with Crippen LogP contribution in [0.25, 0.3) is 0 Å². The second-order valence-electron chi connectivity index (χ2n) is 4.57. The van der Waals surface area contributed by atoms with Crippen LogP contribution in [-0.4, -0.2) is 18.5 Å². The van der Waals surface area contributed by atoms with E-state index in [0.29, 0.717) is 12.5 Å². The highest BCUT2D eigenvalue weighted by atomic mass is 127. The van der Waals surface area contributed by atoms with Crippen LogP contribution in [-0.2, 0) is 4.74 Å². The first-order valence-corrected chi connectivity index (χ1v) is 8.14. The van der Waals surface area contributed by atoms with Crippen molar-refractivity contribution in [3.05, 3.63) is 31.8 Å². The molecule has 1 aromatic rings. The van der Waals surface area contributed by atoms with E-state index < -0.39 is 0 Å². The summed E-state index contributed by atoms with van der Waals surface area (Å²) >= 11 is 5.67. The van der Waals surface area contributed by atoms with E-state index >= 15 is 0 Å². The fraction of sp³-hybridized carbons (Fsp3) is 0.500. The second kappa shape index (κ2) is 7.01. The van der Waals surface area contributed by atoms with E-state index in [0.717, 1.165) is 39.5 Å². The van der Waals surface area contributed by atoms with Gasteiger partial charge in [-0.15, -0.1) is 0 Å². The molecule has 0 radical (unpaired) electrons. The largest absolute Gasteiger partial charge is 0.378 e. The van der Waals surface area contributed by atoms with Gasteiger partial charge in [0.25, 0.3) is 0 Å². The number of hydrogen-bond donors (Lipinski definition) is 0. The first-order valence-electron chi connectivity index (χ1n) is 6.26. The van der Waals surface area contributed by atoms with Crippen molar-refractivity contribution in [2.45, 2.75) is 38.2 Å².